The lowest BCUT2D eigenvalue weighted by atomic mass is 9.99. The molecule has 0 bridgehead atoms. The van der Waals surface area contributed by atoms with Crippen LogP contribution in [0.25, 0.3) is 0 Å². The van der Waals surface area contributed by atoms with Gasteiger partial charge in [-0.15, -0.1) is 0 Å². The minimum Gasteiger partial charge on any atom is -0.324 e. The van der Waals surface area contributed by atoms with E-state index in [0.717, 1.165) is 23.4 Å². The molecule has 1 aromatic rings. The molecular formula is C11H16ClN. The first-order chi connectivity index (χ1) is 6.16. The quantitative estimate of drug-likeness (QED) is 0.790. The van der Waals surface area contributed by atoms with Crippen LogP contribution in [0.3, 0.4) is 0 Å². The topological polar surface area (TPSA) is 26.0 Å². The maximum absolute atomic E-state index is 6.02. The van der Waals surface area contributed by atoms with Gasteiger partial charge in [-0.3, -0.25) is 0 Å². The molecule has 0 amide bonds. The Morgan fingerprint density at radius 2 is 2.15 bits per heavy atom. The lowest BCUT2D eigenvalue weighted by Crippen LogP contribution is -2.11. The fraction of sp³-hybridized carbons (Fsp3) is 0.455. The van der Waals surface area contributed by atoms with E-state index in [4.69, 9.17) is 17.3 Å². The van der Waals surface area contributed by atoms with Crippen molar-refractivity contribution in [3.8, 4) is 0 Å². The summed E-state index contributed by atoms with van der Waals surface area (Å²) in [5.41, 5.74) is 8.31. The highest BCUT2D eigenvalue weighted by atomic mass is 35.5. The zero-order chi connectivity index (χ0) is 9.84. The van der Waals surface area contributed by atoms with Gasteiger partial charge in [0.2, 0.25) is 0 Å². The van der Waals surface area contributed by atoms with E-state index in [1.54, 1.807) is 0 Å². The Hall–Kier alpha value is -0.530. The van der Waals surface area contributed by atoms with Crippen LogP contribution in [-0.4, -0.2) is 0 Å². The van der Waals surface area contributed by atoms with Crippen LogP contribution in [0.15, 0.2) is 18.2 Å². The van der Waals surface area contributed by atoms with Gasteiger partial charge in [0.1, 0.15) is 0 Å². The number of hydrogen-bond acceptors (Lipinski definition) is 1. The smallest absolute Gasteiger partial charge is 0.0438 e. The first-order valence-electron chi connectivity index (χ1n) is 4.67. The van der Waals surface area contributed by atoms with Crippen molar-refractivity contribution in [1.82, 2.24) is 0 Å². The average molecular weight is 198 g/mol. The van der Waals surface area contributed by atoms with E-state index >= 15 is 0 Å². The number of halogens is 1. The Bertz CT molecular complexity index is 283. The van der Waals surface area contributed by atoms with Crippen LogP contribution in [0, 0.1) is 6.92 Å². The van der Waals surface area contributed by atoms with Crippen molar-refractivity contribution >= 4 is 11.6 Å². The first kappa shape index (κ1) is 10.6. The molecule has 1 rings (SSSR count). The summed E-state index contributed by atoms with van der Waals surface area (Å²) in [6.07, 6.45) is 2.12. The Labute approximate surface area is 84.9 Å². The molecule has 1 atom stereocenters. The molecule has 0 aromatic heterocycles. The molecule has 0 aliphatic carbocycles. The van der Waals surface area contributed by atoms with Crippen molar-refractivity contribution in [3.63, 3.8) is 0 Å². The maximum atomic E-state index is 6.02. The molecule has 0 aliphatic heterocycles. The van der Waals surface area contributed by atoms with Gasteiger partial charge in [0, 0.05) is 11.1 Å². The van der Waals surface area contributed by atoms with Gasteiger partial charge < -0.3 is 5.73 Å². The highest BCUT2D eigenvalue weighted by molar-refractivity contribution is 6.31. The molecule has 72 valence electrons. The van der Waals surface area contributed by atoms with E-state index in [1.165, 1.54) is 5.56 Å². The summed E-state index contributed by atoms with van der Waals surface area (Å²) in [7, 11) is 0. The highest BCUT2D eigenvalue weighted by Crippen LogP contribution is 2.25. The van der Waals surface area contributed by atoms with Crippen LogP contribution in [-0.2, 0) is 0 Å². The van der Waals surface area contributed by atoms with E-state index in [0.29, 0.717) is 0 Å². The van der Waals surface area contributed by atoms with E-state index < -0.39 is 0 Å². The van der Waals surface area contributed by atoms with E-state index in [2.05, 4.69) is 13.0 Å². The van der Waals surface area contributed by atoms with Crippen LogP contribution < -0.4 is 5.73 Å². The largest absolute Gasteiger partial charge is 0.324 e. The molecule has 1 nitrogen and oxygen atoms in total. The third kappa shape index (κ3) is 2.45. The molecule has 0 saturated carbocycles. The Kier molecular flexibility index (Phi) is 3.76. The molecule has 0 radical (unpaired) electrons. The molecule has 2 heteroatoms. The van der Waals surface area contributed by atoms with Crippen molar-refractivity contribution < 1.29 is 0 Å². The lowest BCUT2D eigenvalue weighted by molar-refractivity contribution is 0.635. The van der Waals surface area contributed by atoms with Crippen molar-refractivity contribution in [2.75, 3.05) is 0 Å². The molecule has 0 spiro atoms. The molecule has 2 N–H and O–H groups in total. The van der Waals surface area contributed by atoms with Crippen LogP contribution in [0.2, 0.25) is 5.02 Å². The lowest BCUT2D eigenvalue weighted by Gasteiger charge is -2.14. The average Bonchev–Trinajstić information content (AvgIpc) is 2.10. The molecule has 0 heterocycles. The summed E-state index contributed by atoms with van der Waals surface area (Å²) < 4.78 is 0. The molecule has 0 unspecified atom stereocenters. The minimum atomic E-state index is 0.128. The second-order valence-corrected chi connectivity index (χ2v) is 3.76. The predicted octanol–water partition coefficient (Wildman–Crippen LogP) is 3.45. The summed E-state index contributed by atoms with van der Waals surface area (Å²) in [4.78, 5) is 0. The second-order valence-electron chi connectivity index (χ2n) is 3.35. The van der Waals surface area contributed by atoms with Crippen LogP contribution in [0.1, 0.15) is 36.9 Å². The fourth-order valence-corrected chi connectivity index (χ4v) is 1.67. The van der Waals surface area contributed by atoms with E-state index in [-0.39, 0.29) is 6.04 Å². The molecule has 0 aliphatic rings. The van der Waals surface area contributed by atoms with Gasteiger partial charge >= 0.3 is 0 Å². The Morgan fingerprint density at radius 1 is 1.46 bits per heavy atom. The summed E-state index contributed by atoms with van der Waals surface area (Å²) in [5, 5.41) is 0.809. The monoisotopic (exact) mass is 197 g/mol. The zero-order valence-corrected chi connectivity index (χ0v) is 8.93. The molecule has 13 heavy (non-hydrogen) atoms. The van der Waals surface area contributed by atoms with Gasteiger partial charge in [0.05, 0.1) is 0 Å². The van der Waals surface area contributed by atoms with Gasteiger partial charge in [-0.25, -0.2) is 0 Å². The van der Waals surface area contributed by atoms with Crippen LogP contribution >= 0.6 is 11.6 Å². The minimum absolute atomic E-state index is 0.128. The second kappa shape index (κ2) is 4.64. The summed E-state index contributed by atoms with van der Waals surface area (Å²) in [6.45, 7) is 4.16. The predicted molar refractivity (Wildman–Crippen MR) is 58.0 cm³/mol. The Morgan fingerprint density at radius 3 is 2.77 bits per heavy atom. The normalized spacial score (nSPS) is 12.9. The van der Waals surface area contributed by atoms with Crippen LogP contribution in [0.4, 0.5) is 0 Å². The van der Waals surface area contributed by atoms with Gasteiger partial charge in [0.15, 0.2) is 0 Å². The fourth-order valence-electron chi connectivity index (χ4n) is 1.49. The number of hydrogen-bond donors (Lipinski definition) is 1. The third-order valence-electron chi connectivity index (χ3n) is 2.31. The maximum Gasteiger partial charge on any atom is 0.0438 e. The number of nitrogens with two attached hydrogens (primary N) is 1. The standard InChI is InChI=1S/C11H16ClN/c1-3-5-11(13)9-6-4-7-10(12)8(9)2/h4,6-7,11H,3,5,13H2,1-2H3/t11-/m1/s1. The molecule has 1 aromatic carbocycles. The van der Waals surface area contributed by atoms with Crippen molar-refractivity contribution in [2.24, 2.45) is 5.73 Å². The number of benzene rings is 1. The SMILES string of the molecule is CCC[C@@H](N)c1cccc(Cl)c1C. The Balaban J connectivity index is 2.93. The van der Waals surface area contributed by atoms with E-state index in [9.17, 15) is 0 Å². The first-order valence-corrected chi connectivity index (χ1v) is 5.05. The van der Waals surface area contributed by atoms with Crippen LogP contribution in [0.5, 0.6) is 0 Å². The summed E-state index contributed by atoms with van der Waals surface area (Å²) in [5.74, 6) is 0. The molecule has 0 fully saturated rings. The summed E-state index contributed by atoms with van der Waals surface area (Å²) in [6, 6.07) is 6.05. The van der Waals surface area contributed by atoms with Gasteiger partial charge in [-0.2, -0.15) is 0 Å². The molecular weight excluding hydrogens is 182 g/mol. The van der Waals surface area contributed by atoms with Gasteiger partial charge in [-0.05, 0) is 30.5 Å². The zero-order valence-electron chi connectivity index (χ0n) is 8.18. The third-order valence-corrected chi connectivity index (χ3v) is 2.72. The highest BCUT2D eigenvalue weighted by Gasteiger charge is 2.08. The van der Waals surface area contributed by atoms with Gasteiger partial charge in [0.25, 0.3) is 0 Å². The summed E-state index contributed by atoms with van der Waals surface area (Å²) >= 11 is 6.00. The number of rotatable bonds is 3. The van der Waals surface area contributed by atoms with Crippen molar-refractivity contribution in [3.05, 3.63) is 34.3 Å². The molecule has 0 saturated heterocycles. The van der Waals surface area contributed by atoms with Crippen molar-refractivity contribution in [2.45, 2.75) is 32.7 Å². The van der Waals surface area contributed by atoms with E-state index in [1.807, 2.05) is 19.1 Å². The van der Waals surface area contributed by atoms with Crippen molar-refractivity contribution in [1.29, 1.82) is 0 Å². The van der Waals surface area contributed by atoms with Gasteiger partial charge in [-0.1, -0.05) is 37.1 Å².